The van der Waals surface area contributed by atoms with Crippen molar-refractivity contribution in [3.05, 3.63) is 47.5 Å². The van der Waals surface area contributed by atoms with Crippen molar-refractivity contribution >= 4 is 17.5 Å². The minimum Gasteiger partial charge on any atom is -0.495 e. The average molecular weight is 285 g/mol. The van der Waals surface area contributed by atoms with E-state index in [0.29, 0.717) is 22.6 Å². The molecule has 0 aliphatic heterocycles. The molecule has 0 aliphatic carbocycles. The molecule has 0 radical (unpaired) electrons. The third kappa shape index (κ3) is 2.79. The highest BCUT2D eigenvalue weighted by Crippen LogP contribution is 2.31. The monoisotopic (exact) mass is 285 g/mol. The number of nitrogens with two attached hydrogens (primary N) is 3. The van der Waals surface area contributed by atoms with Crippen LogP contribution < -0.4 is 21.9 Å². The van der Waals surface area contributed by atoms with Crippen LogP contribution in [0.25, 0.3) is 11.1 Å². The van der Waals surface area contributed by atoms with Crippen molar-refractivity contribution < 1.29 is 14.3 Å². The summed E-state index contributed by atoms with van der Waals surface area (Å²) in [6, 6.07) is 9.48. The lowest BCUT2D eigenvalue weighted by Gasteiger charge is -2.11. The van der Waals surface area contributed by atoms with E-state index in [2.05, 4.69) is 0 Å². The zero-order chi connectivity index (χ0) is 15.6. The van der Waals surface area contributed by atoms with E-state index in [0.717, 1.165) is 0 Å². The van der Waals surface area contributed by atoms with E-state index in [9.17, 15) is 9.59 Å². The van der Waals surface area contributed by atoms with Crippen molar-refractivity contribution in [2.24, 2.45) is 11.5 Å². The maximum Gasteiger partial charge on any atom is 0.249 e. The van der Waals surface area contributed by atoms with Gasteiger partial charge >= 0.3 is 0 Å². The van der Waals surface area contributed by atoms with Gasteiger partial charge in [0.25, 0.3) is 0 Å². The Hall–Kier alpha value is -3.02. The summed E-state index contributed by atoms with van der Waals surface area (Å²) in [5.41, 5.74) is 18.6. The van der Waals surface area contributed by atoms with Gasteiger partial charge in [-0.1, -0.05) is 6.07 Å². The van der Waals surface area contributed by atoms with E-state index in [-0.39, 0.29) is 11.1 Å². The van der Waals surface area contributed by atoms with Gasteiger partial charge in [0.05, 0.1) is 12.8 Å². The van der Waals surface area contributed by atoms with Gasteiger partial charge in [0.1, 0.15) is 5.75 Å². The van der Waals surface area contributed by atoms with Gasteiger partial charge in [0, 0.05) is 11.1 Å². The molecule has 0 saturated carbocycles. The maximum absolute atomic E-state index is 11.5. The molecule has 21 heavy (non-hydrogen) atoms. The second-order valence-corrected chi connectivity index (χ2v) is 4.45. The number of hydrogen-bond donors (Lipinski definition) is 3. The molecule has 0 unspecified atom stereocenters. The molecule has 6 N–H and O–H groups in total. The lowest BCUT2D eigenvalue weighted by molar-refractivity contribution is 0.0989. The Labute approximate surface area is 121 Å². The number of ether oxygens (including phenoxy) is 1. The summed E-state index contributed by atoms with van der Waals surface area (Å²) >= 11 is 0. The van der Waals surface area contributed by atoms with E-state index >= 15 is 0 Å². The molecule has 0 fully saturated rings. The number of anilines is 1. The Bertz CT molecular complexity index is 726. The second-order valence-electron chi connectivity index (χ2n) is 4.45. The minimum absolute atomic E-state index is 0.283. The zero-order valence-electron chi connectivity index (χ0n) is 11.4. The predicted octanol–water partition coefficient (Wildman–Crippen LogP) is 1.14. The van der Waals surface area contributed by atoms with Crippen LogP contribution in [0.2, 0.25) is 0 Å². The van der Waals surface area contributed by atoms with Gasteiger partial charge in [-0.05, 0) is 41.5 Å². The molecule has 2 aromatic carbocycles. The molecule has 2 aromatic rings. The summed E-state index contributed by atoms with van der Waals surface area (Å²) in [4.78, 5) is 22.9. The Morgan fingerprint density at radius 3 is 2.29 bits per heavy atom. The number of amides is 2. The normalized spacial score (nSPS) is 10.1. The number of carbonyl (C=O) groups excluding carboxylic acids is 2. The standard InChI is InChI=1S/C15H15N3O3/c1-21-13-7-8(3-5-12(13)16)11-6-9(14(17)19)2-4-10(11)15(18)20/h2-7H,16H2,1H3,(H2,17,19)(H2,18,20). The molecular formula is C15H15N3O3. The predicted molar refractivity (Wildman–Crippen MR) is 79.9 cm³/mol. The number of benzene rings is 2. The maximum atomic E-state index is 11.5. The highest BCUT2D eigenvalue weighted by Gasteiger charge is 2.14. The van der Waals surface area contributed by atoms with Crippen LogP contribution >= 0.6 is 0 Å². The second kappa shape index (κ2) is 5.54. The van der Waals surface area contributed by atoms with Crippen molar-refractivity contribution in [2.45, 2.75) is 0 Å². The van der Waals surface area contributed by atoms with Crippen LogP contribution in [0.15, 0.2) is 36.4 Å². The molecule has 0 aliphatic rings. The molecular weight excluding hydrogens is 270 g/mol. The third-order valence-electron chi connectivity index (χ3n) is 3.11. The molecule has 0 spiro atoms. The van der Waals surface area contributed by atoms with Gasteiger partial charge in [0.15, 0.2) is 0 Å². The number of primary amides is 2. The summed E-state index contributed by atoms with van der Waals surface area (Å²) in [5, 5.41) is 0. The largest absolute Gasteiger partial charge is 0.495 e. The van der Waals surface area contributed by atoms with Crippen molar-refractivity contribution in [1.29, 1.82) is 0 Å². The van der Waals surface area contributed by atoms with Gasteiger partial charge in [-0.25, -0.2) is 0 Å². The van der Waals surface area contributed by atoms with Crippen molar-refractivity contribution in [3.8, 4) is 16.9 Å². The van der Waals surface area contributed by atoms with Crippen LogP contribution in [0.5, 0.6) is 5.75 Å². The summed E-state index contributed by atoms with van der Waals surface area (Å²) in [5.74, 6) is -0.723. The van der Waals surface area contributed by atoms with E-state index < -0.39 is 11.8 Å². The first kappa shape index (κ1) is 14.4. The Morgan fingerprint density at radius 2 is 1.71 bits per heavy atom. The SMILES string of the molecule is COc1cc(-c2cc(C(N)=O)ccc2C(N)=O)ccc1N. The van der Waals surface area contributed by atoms with Crippen LogP contribution in [0, 0.1) is 0 Å². The molecule has 0 heterocycles. The van der Waals surface area contributed by atoms with E-state index in [1.807, 2.05) is 0 Å². The molecule has 0 bridgehead atoms. The third-order valence-corrected chi connectivity index (χ3v) is 3.11. The number of hydrogen-bond acceptors (Lipinski definition) is 4. The highest BCUT2D eigenvalue weighted by atomic mass is 16.5. The van der Waals surface area contributed by atoms with Crippen molar-refractivity contribution in [3.63, 3.8) is 0 Å². The van der Waals surface area contributed by atoms with Crippen LogP contribution in [-0.4, -0.2) is 18.9 Å². The smallest absolute Gasteiger partial charge is 0.249 e. The molecule has 6 heteroatoms. The summed E-state index contributed by atoms with van der Waals surface area (Å²) in [6.45, 7) is 0. The van der Waals surface area contributed by atoms with Crippen LogP contribution in [0.3, 0.4) is 0 Å². The number of methoxy groups -OCH3 is 1. The Kier molecular flexibility index (Phi) is 3.80. The first-order valence-corrected chi connectivity index (χ1v) is 6.11. The molecule has 6 nitrogen and oxygen atoms in total. The first-order valence-electron chi connectivity index (χ1n) is 6.11. The van der Waals surface area contributed by atoms with Crippen molar-refractivity contribution in [1.82, 2.24) is 0 Å². The first-order chi connectivity index (χ1) is 9.93. The molecule has 0 atom stereocenters. The number of nitrogen functional groups attached to an aromatic ring is 1. The topological polar surface area (TPSA) is 121 Å². The van der Waals surface area contributed by atoms with Crippen molar-refractivity contribution in [2.75, 3.05) is 12.8 Å². The number of rotatable bonds is 4. The lowest BCUT2D eigenvalue weighted by Crippen LogP contribution is -2.15. The van der Waals surface area contributed by atoms with Gasteiger partial charge in [-0.3, -0.25) is 9.59 Å². The summed E-state index contributed by atoms with van der Waals surface area (Å²) < 4.78 is 5.15. The van der Waals surface area contributed by atoms with Crippen LogP contribution in [-0.2, 0) is 0 Å². The highest BCUT2D eigenvalue weighted by molar-refractivity contribution is 6.03. The van der Waals surface area contributed by atoms with Gasteiger partial charge < -0.3 is 21.9 Å². The van der Waals surface area contributed by atoms with E-state index in [1.54, 1.807) is 18.2 Å². The summed E-state index contributed by atoms with van der Waals surface area (Å²) in [7, 11) is 1.49. The lowest BCUT2D eigenvalue weighted by atomic mass is 9.96. The van der Waals surface area contributed by atoms with Crippen LogP contribution in [0.1, 0.15) is 20.7 Å². The fraction of sp³-hybridized carbons (Fsp3) is 0.0667. The van der Waals surface area contributed by atoms with E-state index in [4.69, 9.17) is 21.9 Å². The fourth-order valence-corrected chi connectivity index (χ4v) is 2.03. The Balaban J connectivity index is 2.68. The molecule has 0 aromatic heterocycles. The molecule has 108 valence electrons. The number of carbonyl (C=O) groups is 2. The molecule has 2 amide bonds. The quantitative estimate of drug-likeness (QED) is 0.729. The fourth-order valence-electron chi connectivity index (χ4n) is 2.03. The minimum atomic E-state index is -0.600. The van der Waals surface area contributed by atoms with Gasteiger partial charge in [-0.15, -0.1) is 0 Å². The molecule has 2 rings (SSSR count). The Morgan fingerprint density at radius 1 is 1.00 bits per heavy atom. The summed E-state index contributed by atoms with van der Waals surface area (Å²) in [6.07, 6.45) is 0. The average Bonchev–Trinajstić information content (AvgIpc) is 2.47. The van der Waals surface area contributed by atoms with E-state index in [1.165, 1.54) is 25.3 Å². The molecule has 0 saturated heterocycles. The zero-order valence-corrected chi connectivity index (χ0v) is 11.4. The van der Waals surface area contributed by atoms with Gasteiger partial charge in [0.2, 0.25) is 11.8 Å². The van der Waals surface area contributed by atoms with Gasteiger partial charge in [-0.2, -0.15) is 0 Å². The van der Waals surface area contributed by atoms with Crippen LogP contribution in [0.4, 0.5) is 5.69 Å².